The summed E-state index contributed by atoms with van der Waals surface area (Å²) in [6.07, 6.45) is 3.64. The van der Waals surface area contributed by atoms with Gasteiger partial charge in [0.1, 0.15) is 18.2 Å². The third kappa shape index (κ3) is 5.53. The fraction of sp³-hybridized carbons (Fsp3) is 0.280. The first-order valence-corrected chi connectivity index (χ1v) is 11.8. The number of amides is 1. The second-order valence-electron chi connectivity index (χ2n) is 8.32. The van der Waals surface area contributed by atoms with Crippen LogP contribution in [0.4, 0.5) is 21.6 Å². The maximum Gasteiger partial charge on any atom is 0.226 e. The van der Waals surface area contributed by atoms with Gasteiger partial charge >= 0.3 is 0 Å². The minimum atomic E-state index is -0.405. The monoisotopic (exact) mass is 495 g/mol. The third-order valence-electron chi connectivity index (χ3n) is 5.96. The zero-order valence-corrected chi connectivity index (χ0v) is 19.8. The molecule has 35 heavy (non-hydrogen) atoms. The van der Waals surface area contributed by atoms with Crippen molar-refractivity contribution in [2.45, 2.75) is 6.42 Å². The largest absolute Gasteiger partial charge is 0.488 e. The zero-order chi connectivity index (χ0) is 24.2. The molecule has 8 nitrogen and oxygen atoms in total. The number of fused-ring (bicyclic) bond motifs is 1. The van der Waals surface area contributed by atoms with Crippen molar-refractivity contribution in [3.63, 3.8) is 0 Å². The van der Waals surface area contributed by atoms with Gasteiger partial charge in [-0.2, -0.15) is 0 Å². The van der Waals surface area contributed by atoms with Crippen LogP contribution in [0.5, 0.6) is 5.75 Å². The molecule has 2 N–H and O–H groups in total. The highest BCUT2D eigenvalue weighted by Crippen LogP contribution is 2.39. The molecule has 10 heteroatoms. The van der Waals surface area contributed by atoms with E-state index in [0.29, 0.717) is 54.0 Å². The van der Waals surface area contributed by atoms with E-state index in [2.05, 4.69) is 25.5 Å². The Morgan fingerprint density at radius 3 is 2.97 bits per heavy atom. The molecule has 1 fully saturated rings. The number of aromatic nitrogens is 2. The molecule has 1 aromatic carbocycles. The van der Waals surface area contributed by atoms with E-state index in [0.717, 1.165) is 31.0 Å². The molecule has 3 aromatic rings. The lowest BCUT2D eigenvalue weighted by atomic mass is 10.1. The molecular formula is C25H25ClFN6O2. The molecule has 0 saturated carbocycles. The second-order valence-corrected chi connectivity index (χ2v) is 8.75. The molecule has 1 saturated heterocycles. The van der Waals surface area contributed by atoms with Gasteiger partial charge in [-0.25, -0.2) is 9.37 Å². The van der Waals surface area contributed by atoms with Gasteiger partial charge in [0.2, 0.25) is 5.91 Å². The number of halogens is 2. The predicted molar refractivity (Wildman–Crippen MR) is 133 cm³/mol. The Labute approximate surface area is 208 Å². The van der Waals surface area contributed by atoms with Crippen molar-refractivity contribution in [1.29, 1.82) is 0 Å². The van der Waals surface area contributed by atoms with E-state index in [9.17, 15) is 9.18 Å². The topological polar surface area (TPSA) is 82.6 Å². The molecule has 0 atom stereocenters. The highest BCUT2D eigenvalue weighted by molar-refractivity contribution is 6.30. The number of rotatable bonds is 6. The lowest BCUT2D eigenvalue weighted by Gasteiger charge is -2.31. The Kier molecular flexibility index (Phi) is 7.08. The summed E-state index contributed by atoms with van der Waals surface area (Å²) in [5.74, 6) is 0.580. The van der Waals surface area contributed by atoms with Gasteiger partial charge in [0, 0.05) is 67.7 Å². The van der Waals surface area contributed by atoms with E-state index >= 15 is 0 Å². The number of ether oxygens (including phenoxy) is 1. The van der Waals surface area contributed by atoms with Gasteiger partial charge in [-0.05, 0) is 30.3 Å². The highest BCUT2D eigenvalue weighted by Gasteiger charge is 2.22. The van der Waals surface area contributed by atoms with E-state index in [1.165, 1.54) is 12.1 Å². The first-order valence-electron chi connectivity index (χ1n) is 11.5. The van der Waals surface area contributed by atoms with Crippen molar-refractivity contribution in [3.05, 3.63) is 66.2 Å². The Balaban J connectivity index is 1.34. The Hall–Kier alpha value is -3.27. The number of pyridine rings is 2. The molecule has 1 amide bonds. The van der Waals surface area contributed by atoms with Gasteiger partial charge in [0.25, 0.3) is 0 Å². The Bertz CT molecular complexity index is 1220. The van der Waals surface area contributed by atoms with Gasteiger partial charge in [-0.3, -0.25) is 14.7 Å². The summed E-state index contributed by atoms with van der Waals surface area (Å²) in [6, 6.07) is 9.85. The fourth-order valence-electron chi connectivity index (χ4n) is 4.16. The predicted octanol–water partition coefficient (Wildman–Crippen LogP) is 3.86. The van der Waals surface area contributed by atoms with Crippen molar-refractivity contribution in [3.8, 4) is 17.0 Å². The molecule has 2 aromatic heterocycles. The van der Waals surface area contributed by atoms with Crippen molar-refractivity contribution in [1.82, 2.24) is 20.2 Å². The smallest absolute Gasteiger partial charge is 0.226 e. The number of hydrogen-bond donors (Lipinski definition) is 2. The summed E-state index contributed by atoms with van der Waals surface area (Å²) in [7, 11) is 0. The second kappa shape index (κ2) is 10.6. The number of benzene rings is 1. The van der Waals surface area contributed by atoms with Crippen LogP contribution in [0, 0.1) is 12.4 Å². The molecule has 2 aliphatic heterocycles. The Morgan fingerprint density at radius 1 is 1.20 bits per heavy atom. The van der Waals surface area contributed by atoms with Gasteiger partial charge in [-0.1, -0.05) is 11.6 Å². The number of nitrogens with zero attached hydrogens (tertiary/aromatic N) is 4. The summed E-state index contributed by atoms with van der Waals surface area (Å²) >= 11 is 6.08. The van der Waals surface area contributed by atoms with Gasteiger partial charge in [-0.15, -0.1) is 0 Å². The minimum absolute atomic E-state index is 0.0847. The standard InChI is InChI=1S/C25H25ClFN6O2/c26-17-1-2-20(27)19(13-17)21-15-22-23(16-30-21)35-12-11-33(22)18-3-5-29-24(14-18)31-25(34)4-8-32-9-6-28-7-10-32/h1-3,5-6,13-16,28H,4,7-12H2,(H,29,31,34). The SMILES string of the molecule is O=C(CCN1C[CH]NCC1)Nc1cc(N2CCOc3cnc(-c4cc(Cl)ccc4F)cc32)ccn1. The number of hydrogen-bond acceptors (Lipinski definition) is 7. The molecule has 0 bridgehead atoms. The highest BCUT2D eigenvalue weighted by atomic mass is 35.5. The summed E-state index contributed by atoms with van der Waals surface area (Å²) in [6.45, 7) is 6.38. The van der Waals surface area contributed by atoms with Gasteiger partial charge < -0.3 is 20.3 Å². The van der Waals surface area contributed by atoms with E-state index < -0.39 is 5.82 Å². The zero-order valence-electron chi connectivity index (χ0n) is 19.0. The quantitative estimate of drug-likeness (QED) is 0.537. The number of nitrogens with one attached hydrogen (secondary N) is 2. The van der Waals surface area contributed by atoms with Crippen molar-refractivity contribution < 1.29 is 13.9 Å². The van der Waals surface area contributed by atoms with Crippen LogP contribution < -0.4 is 20.3 Å². The lowest BCUT2D eigenvalue weighted by Crippen LogP contribution is -2.41. The van der Waals surface area contributed by atoms with Crippen LogP contribution in [-0.2, 0) is 4.79 Å². The van der Waals surface area contributed by atoms with E-state index in [1.54, 1.807) is 24.5 Å². The number of anilines is 3. The third-order valence-corrected chi connectivity index (χ3v) is 6.19. The summed E-state index contributed by atoms with van der Waals surface area (Å²) in [5.41, 5.74) is 2.35. The summed E-state index contributed by atoms with van der Waals surface area (Å²) in [4.78, 5) is 25.5. The molecule has 0 unspecified atom stereocenters. The first kappa shape index (κ1) is 23.5. The average Bonchev–Trinajstić information content (AvgIpc) is 2.89. The van der Waals surface area contributed by atoms with Crippen LogP contribution in [0.3, 0.4) is 0 Å². The van der Waals surface area contributed by atoms with Gasteiger partial charge in [0.05, 0.1) is 24.1 Å². The van der Waals surface area contributed by atoms with Crippen LogP contribution >= 0.6 is 11.6 Å². The molecule has 5 rings (SSSR count). The summed E-state index contributed by atoms with van der Waals surface area (Å²) in [5, 5.41) is 6.51. The molecule has 0 spiro atoms. The first-order chi connectivity index (χ1) is 17.1. The van der Waals surface area contributed by atoms with E-state index in [1.807, 2.05) is 23.6 Å². The van der Waals surface area contributed by atoms with Crippen LogP contribution in [0.1, 0.15) is 6.42 Å². The normalized spacial score (nSPS) is 15.9. The van der Waals surface area contributed by atoms with Crippen molar-refractivity contribution in [2.75, 3.05) is 49.5 Å². The fourth-order valence-corrected chi connectivity index (χ4v) is 4.34. The molecule has 2 aliphatic rings. The molecule has 1 radical (unpaired) electrons. The van der Waals surface area contributed by atoms with Crippen LogP contribution in [0.15, 0.2) is 48.8 Å². The van der Waals surface area contributed by atoms with Crippen LogP contribution in [-0.4, -0.2) is 60.1 Å². The van der Waals surface area contributed by atoms with Crippen molar-refractivity contribution in [2.24, 2.45) is 0 Å². The van der Waals surface area contributed by atoms with Crippen LogP contribution in [0.25, 0.3) is 11.3 Å². The van der Waals surface area contributed by atoms with Crippen LogP contribution in [0.2, 0.25) is 5.02 Å². The molecule has 0 aliphatic carbocycles. The van der Waals surface area contributed by atoms with E-state index in [-0.39, 0.29) is 5.91 Å². The number of carbonyl (C=O) groups excluding carboxylic acids is 1. The maximum absolute atomic E-state index is 14.5. The lowest BCUT2D eigenvalue weighted by molar-refractivity contribution is -0.116. The number of piperazine rings is 1. The summed E-state index contributed by atoms with van der Waals surface area (Å²) < 4.78 is 20.2. The minimum Gasteiger partial charge on any atom is -0.488 e. The molecule has 181 valence electrons. The molecule has 4 heterocycles. The maximum atomic E-state index is 14.5. The van der Waals surface area contributed by atoms with Gasteiger partial charge in [0.15, 0.2) is 5.75 Å². The van der Waals surface area contributed by atoms with Crippen molar-refractivity contribution >= 4 is 34.7 Å². The average molecular weight is 496 g/mol. The Morgan fingerprint density at radius 2 is 2.11 bits per heavy atom. The molecular weight excluding hydrogens is 471 g/mol. The number of carbonyl (C=O) groups is 1. The van der Waals surface area contributed by atoms with E-state index in [4.69, 9.17) is 16.3 Å².